The van der Waals surface area contributed by atoms with Gasteiger partial charge >= 0.3 is 0 Å². The number of benzene rings is 1. The van der Waals surface area contributed by atoms with Crippen LogP contribution in [-0.4, -0.2) is 56.6 Å². The number of rotatable bonds is 8. The van der Waals surface area contributed by atoms with Gasteiger partial charge in [-0.3, -0.25) is 4.90 Å². The Bertz CT molecular complexity index is 428. The molecular weight excluding hydrogens is 258 g/mol. The number of nitrogens with zero attached hydrogens (tertiary/aromatic N) is 2. The normalized spacial score (nSPS) is 14.7. The third-order valence-electron chi connectivity index (χ3n) is 4.23. The summed E-state index contributed by atoms with van der Waals surface area (Å²) in [4.78, 5) is 4.82. The molecule has 1 aromatic rings. The second-order valence-electron chi connectivity index (χ2n) is 6.40. The second kappa shape index (κ2) is 8.52. The summed E-state index contributed by atoms with van der Waals surface area (Å²) in [7, 11) is 6.35. The van der Waals surface area contributed by atoms with E-state index in [1.807, 2.05) is 0 Å². The predicted octanol–water partition coefficient (Wildman–Crippen LogP) is 2.84. The lowest BCUT2D eigenvalue weighted by atomic mass is 9.98. The van der Waals surface area contributed by atoms with E-state index in [0.29, 0.717) is 12.1 Å². The third-order valence-corrected chi connectivity index (χ3v) is 4.23. The Morgan fingerprint density at radius 2 is 1.81 bits per heavy atom. The van der Waals surface area contributed by atoms with Crippen LogP contribution >= 0.6 is 0 Å². The third kappa shape index (κ3) is 5.42. The van der Waals surface area contributed by atoms with Crippen molar-refractivity contribution in [3.63, 3.8) is 0 Å². The van der Waals surface area contributed by atoms with Crippen LogP contribution in [-0.2, 0) is 0 Å². The molecule has 1 rings (SSSR count). The molecule has 0 aliphatic heterocycles. The van der Waals surface area contributed by atoms with Crippen LogP contribution in [0.4, 0.5) is 0 Å². The molecule has 0 radical (unpaired) electrons. The van der Waals surface area contributed by atoms with Crippen molar-refractivity contribution in [2.45, 2.75) is 39.8 Å². The van der Waals surface area contributed by atoms with E-state index in [9.17, 15) is 0 Å². The molecule has 0 amide bonds. The van der Waals surface area contributed by atoms with E-state index in [2.05, 4.69) is 82.2 Å². The minimum absolute atomic E-state index is 0.384. The first-order chi connectivity index (χ1) is 9.88. The van der Waals surface area contributed by atoms with Gasteiger partial charge in [0, 0.05) is 25.2 Å². The van der Waals surface area contributed by atoms with Gasteiger partial charge < -0.3 is 10.2 Å². The molecule has 2 atom stereocenters. The maximum atomic E-state index is 3.50. The van der Waals surface area contributed by atoms with Crippen molar-refractivity contribution >= 4 is 0 Å². The Morgan fingerprint density at radius 1 is 1.14 bits per heavy atom. The van der Waals surface area contributed by atoms with Gasteiger partial charge in [0.15, 0.2) is 0 Å². The van der Waals surface area contributed by atoms with Gasteiger partial charge in [-0.2, -0.15) is 0 Å². The summed E-state index contributed by atoms with van der Waals surface area (Å²) in [6, 6.07) is 7.69. The summed E-state index contributed by atoms with van der Waals surface area (Å²) < 4.78 is 0. The molecule has 0 aliphatic rings. The van der Waals surface area contributed by atoms with Crippen molar-refractivity contribution in [2.75, 3.05) is 40.8 Å². The molecule has 0 aliphatic carbocycles. The topological polar surface area (TPSA) is 18.5 Å². The summed E-state index contributed by atoms with van der Waals surface area (Å²) in [6.07, 6.45) is 0. The van der Waals surface area contributed by atoms with Gasteiger partial charge in [-0.1, -0.05) is 30.7 Å². The largest absolute Gasteiger partial charge is 0.312 e. The Kier molecular flexibility index (Phi) is 7.36. The van der Waals surface area contributed by atoms with Crippen LogP contribution in [0.5, 0.6) is 0 Å². The highest BCUT2D eigenvalue weighted by atomic mass is 15.2. The predicted molar refractivity (Wildman–Crippen MR) is 93.0 cm³/mol. The minimum atomic E-state index is 0.384. The molecule has 0 saturated carbocycles. The highest BCUT2D eigenvalue weighted by molar-refractivity contribution is 5.33. The summed E-state index contributed by atoms with van der Waals surface area (Å²) in [5, 5.41) is 3.50. The van der Waals surface area contributed by atoms with Crippen molar-refractivity contribution in [3.05, 3.63) is 34.9 Å². The molecule has 0 bridgehead atoms. The fraction of sp³-hybridized carbons (Fsp3) is 0.667. The van der Waals surface area contributed by atoms with Gasteiger partial charge in [0.25, 0.3) is 0 Å². The van der Waals surface area contributed by atoms with Crippen LogP contribution in [0.15, 0.2) is 18.2 Å². The molecule has 3 nitrogen and oxygen atoms in total. The zero-order valence-electron chi connectivity index (χ0n) is 14.9. The van der Waals surface area contributed by atoms with Gasteiger partial charge in [-0.15, -0.1) is 0 Å². The highest BCUT2D eigenvalue weighted by Gasteiger charge is 2.19. The van der Waals surface area contributed by atoms with Crippen molar-refractivity contribution in [1.29, 1.82) is 0 Å². The summed E-state index contributed by atoms with van der Waals surface area (Å²) in [6.45, 7) is 12.2. The lowest BCUT2D eigenvalue weighted by Gasteiger charge is -2.33. The van der Waals surface area contributed by atoms with Gasteiger partial charge in [0.05, 0.1) is 0 Å². The smallest absolute Gasteiger partial charge is 0.0449 e. The van der Waals surface area contributed by atoms with Gasteiger partial charge in [0.1, 0.15) is 0 Å². The van der Waals surface area contributed by atoms with E-state index in [1.165, 1.54) is 16.7 Å². The first-order valence-electron chi connectivity index (χ1n) is 8.02. The quantitative estimate of drug-likeness (QED) is 0.794. The second-order valence-corrected chi connectivity index (χ2v) is 6.40. The maximum absolute atomic E-state index is 3.50. The molecule has 2 unspecified atom stereocenters. The van der Waals surface area contributed by atoms with E-state index in [4.69, 9.17) is 0 Å². The zero-order chi connectivity index (χ0) is 16.0. The number of likely N-dealkylation sites (N-methyl/N-ethyl adjacent to an activating group) is 3. The van der Waals surface area contributed by atoms with Crippen LogP contribution in [0.25, 0.3) is 0 Å². The standard InChI is InChI=1S/C18H33N3/c1-8-21(16(4)12-20(6)7)13-18(19-5)17-11-14(2)9-10-15(17)3/h9-11,16,18-19H,8,12-13H2,1-7H3. The number of hydrogen-bond donors (Lipinski definition) is 1. The van der Waals surface area contributed by atoms with Crippen LogP contribution in [0.2, 0.25) is 0 Å². The van der Waals surface area contributed by atoms with Crippen LogP contribution in [0.3, 0.4) is 0 Å². The SMILES string of the molecule is CCN(CC(NC)c1cc(C)ccc1C)C(C)CN(C)C. The fourth-order valence-electron chi connectivity index (χ4n) is 2.98. The number of hydrogen-bond acceptors (Lipinski definition) is 3. The van der Waals surface area contributed by atoms with Gasteiger partial charge in [-0.05, 0) is 59.6 Å². The van der Waals surface area contributed by atoms with Crippen molar-refractivity contribution in [1.82, 2.24) is 15.1 Å². The molecule has 1 aromatic carbocycles. The first-order valence-corrected chi connectivity index (χ1v) is 8.02. The fourth-order valence-corrected chi connectivity index (χ4v) is 2.98. The molecule has 120 valence electrons. The van der Waals surface area contributed by atoms with Crippen LogP contribution in [0, 0.1) is 13.8 Å². The summed E-state index contributed by atoms with van der Waals surface area (Å²) in [5.74, 6) is 0. The lowest BCUT2D eigenvalue weighted by molar-refractivity contribution is 0.166. The lowest BCUT2D eigenvalue weighted by Crippen LogP contribution is -2.44. The Hall–Kier alpha value is -0.900. The molecule has 0 saturated heterocycles. The Balaban J connectivity index is 2.86. The molecule has 0 fully saturated rings. The minimum Gasteiger partial charge on any atom is -0.312 e. The molecule has 3 heteroatoms. The van der Waals surface area contributed by atoms with E-state index in [0.717, 1.165) is 19.6 Å². The summed E-state index contributed by atoms with van der Waals surface area (Å²) in [5.41, 5.74) is 4.13. The van der Waals surface area contributed by atoms with E-state index in [1.54, 1.807) is 0 Å². The zero-order valence-corrected chi connectivity index (χ0v) is 14.9. The Labute approximate surface area is 131 Å². The van der Waals surface area contributed by atoms with E-state index < -0.39 is 0 Å². The monoisotopic (exact) mass is 291 g/mol. The number of nitrogens with one attached hydrogen (secondary N) is 1. The van der Waals surface area contributed by atoms with E-state index >= 15 is 0 Å². The van der Waals surface area contributed by atoms with Crippen molar-refractivity contribution < 1.29 is 0 Å². The molecule has 1 N–H and O–H groups in total. The van der Waals surface area contributed by atoms with Gasteiger partial charge in [0.2, 0.25) is 0 Å². The molecule has 21 heavy (non-hydrogen) atoms. The summed E-state index contributed by atoms with van der Waals surface area (Å²) >= 11 is 0. The van der Waals surface area contributed by atoms with E-state index in [-0.39, 0.29) is 0 Å². The maximum Gasteiger partial charge on any atom is 0.0449 e. The van der Waals surface area contributed by atoms with Crippen LogP contribution in [0.1, 0.15) is 36.6 Å². The Morgan fingerprint density at radius 3 is 2.33 bits per heavy atom. The molecule has 0 aromatic heterocycles. The van der Waals surface area contributed by atoms with Gasteiger partial charge in [-0.25, -0.2) is 0 Å². The first kappa shape index (κ1) is 18.1. The highest BCUT2D eigenvalue weighted by Crippen LogP contribution is 2.21. The molecular formula is C18H33N3. The molecule has 0 heterocycles. The average Bonchev–Trinajstić information content (AvgIpc) is 2.42. The number of aryl methyl sites for hydroxylation is 2. The molecule has 0 spiro atoms. The average molecular weight is 291 g/mol. The van der Waals surface area contributed by atoms with Crippen LogP contribution < -0.4 is 5.32 Å². The van der Waals surface area contributed by atoms with Crippen molar-refractivity contribution in [3.8, 4) is 0 Å². The van der Waals surface area contributed by atoms with Crippen molar-refractivity contribution in [2.24, 2.45) is 0 Å².